The van der Waals surface area contributed by atoms with E-state index < -0.39 is 6.10 Å². The number of aliphatic hydroxyl groups excluding tert-OH is 1. The summed E-state index contributed by atoms with van der Waals surface area (Å²) in [5.41, 5.74) is 2.62. The lowest BCUT2D eigenvalue weighted by molar-refractivity contribution is 0.0768. The minimum absolute atomic E-state index is 0.0579. The van der Waals surface area contributed by atoms with Crippen molar-refractivity contribution in [2.24, 2.45) is 0 Å². The van der Waals surface area contributed by atoms with Crippen LogP contribution in [0.4, 0.5) is 0 Å². The van der Waals surface area contributed by atoms with Crippen LogP contribution < -0.4 is 0 Å². The maximum atomic E-state index is 12.4. The van der Waals surface area contributed by atoms with Gasteiger partial charge < -0.3 is 10.0 Å². The third-order valence-corrected chi connectivity index (χ3v) is 3.74. The number of aromatic nitrogens is 2. The van der Waals surface area contributed by atoms with Crippen molar-refractivity contribution in [2.75, 3.05) is 13.6 Å². The Morgan fingerprint density at radius 2 is 2.05 bits per heavy atom. The number of aliphatic hydroxyl groups is 1. The van der Waals surface area contributed by atoms with Crippen molar-refractivity contribution >= 4 is 5.91 Å². The fourth-order valence-corrected chi connectivity index (χ4v) is 2.26. The molecule has 0 aliphatic heterocycles. The summed E-state index contributed by atoms with van der Waals surface area (Å²) in [4.78, 5) is 14.1. The molecule has 0 aliphatic carbocycles. The molecule has 0 bridgehead atoms. The summed E-state index contributed by atoms with van der Waals surface area (Å²) < 4.78 is 1.84. The highest BCUT2D eigenvalue weighted by Gasteiger charge is 2.18. The first-order valence-corrected chi connectivity index (χ1v) is 7.49. The number of benzene rings is 1. The van der Waals surface area contributed by atoms with Gasteiger partial charge in [0.25, 0.3) is 5.91 Å². The molecule has 2 aromatic rings. The fraction of sp³-hybridized carbons (Fsp3) is 0.412. The van der Waals surface area contributed by atoms with Crippen molar-refractivity contribution in [3.05, 3.63) is 53.3 Å². The molecule has 5 heteroatoms. The summed E-state index contributed by atoms with van der Waals surface area (Å²) >= 11 is 0. The van der Waals surface area contributed by atoms with E-state index in [1.165, 1.54) is 0 Å². The average Bonchev–Trinajstić information content (AvgIpc) is 2.86. The zero-order chi connectivity index (χ0) is 16.1. The summed E-state index contributed by atoms with van der Waals surface area (Å²) in [6.07, 6.45) is 1.79. The Hall–Kier alpha value is -2.14. The Labute approximate surface area is 131 Å². The number of carbonyl (C=O) groups is 1. The van der Waals surface area contributed by atoms with Gasteiger partial charge in [0.1, 0.15) is 0 Å². The molecule has 1 heterocycles. The van der Waals surface area contributed by atoms with Crippen molar-refractivity contribution in [1.29, 1.82) is 0 Å². The second-order valence-corrected chi connectivity index (χ2v) is 5.65. The van der Waals surface area contributed by atoms with Gasteiger partial charge in [0.15, 0.2) is 0 Å². The first kappa shape index (κ1) is 16.2. The Balaban J connectivity index is 2.08. The maximum Gasteiger partial charge on any atom is 0.257 e. The van der Waals surface area contributed by atoms with Gasteiger partial charge in [0.2, 0.25) is 0 Å². The minimum Gasteiger partial charge on any atom is -0.393 e. The van der Waals surface area contributed by atoms with Crippen molar-refractivity contribution in [3.63, 3.8) is 0 Å². The van der Waals surface area contributed by atoms with Crippen LogP contribution >= 0.6 is 0 Å². The topological polar surface area (TPSA) is 58.4 Å². The smallest absolute Gasteiger partial charge is 0.257 e. The van der Waals surface area contributed by atoms with Gasteiger partial charge in [-0.15, -0.1) is 0 Å². The molecule has 2 rings (SSSR count). The number of rotatable bonds is 6. The van der Waals surface area contributed by atoms with Crippen molar-refractivity contribution in [3.8, 4) is 0 Å². The molecule has 1 aromatic carbocycles. The maximum absolute atomic E-state index is 12.4. The van der Waals surface area contributed by atoms with Crippen LogP contribution in [0.25, 0.3) is 0 Å². The molecule has 1 N–H and O–H groups in total. The molecule has 0 spiro atoms. The van der Waals surface area contributed by atoms with Crippen LogP contribution in [0.2, 0.25) is 0 Å². The molecule has 1 unspecified atom stereocenters. The number of hydrogen-bond donors (Lipinski definition) is 1. The molecule has 1 amide bonds. The molecular formula is C17H23N3O2. The second-order valence-electron chi connectivity index (χ2n) is 5.65. The molecule has 0 fully saturated rings. The van der Waals surface area contributed by atoms with Gasteiger partial charge >= 0.3 is 0 Å². The van der Waals surface area contributed by atoms with Crippen molar-refractivity contribution in [1.82, 2.24) is 14.7 Å². The number of hydrogen-bond acceptors (Lipinski definition) is 3. The highest BCUT2D eigenvalue weighted by Crippen LogP contribution is 2.12. The van der Waals surface area contributed by atoms with E-state index in [4.69, 9.17) is 0 Å². The van der Waals surface area contributed by atoms with E-state index in [9.17, 15) is 9.90 Å². The van der Waals surface area contributed by atoms with Crippen LogP contribution in [0.3, 0.4) is 0 Å². The molecule has 0 aliphatic rings. The molecule has 0 radical (unpaired) electrons. The number of nitrogens with zero attached hydrogens (tertiary/aromatic N) is 3. The van der Waals surface area contributed by atoms with E-state index in [-0.39, 0.29) is 5.91 Å². The minimum atomic E-state index is -0.405. The predicted molar refractivity (Wildman–Crippen MR) is 85.8 cm³/mol. The standard InChI is InChI=1S/C17H23N3O2/c1-13(21)9-10-19(3)17(22)16-11-18-20(14(16)2)12-15-7-5-4-6-8-15/h4-8,11,13,21H,9-10,12H2,1-3H3. The van der Waals surface area contributed by atoms with Crippen LogP contribution in [-0.2, 0) is 6.54 Å². The zero-order valence-corrected chi connectivity index (χ0v) is 13.4. The lowest BCUT2D eigenvalue weighted by atomic mass is 10.2. The van der Waals surface area contributed by atoms with Gasteiger partial charge in [-0.3, -0.25) is 9.48 Å². The Morgan fingerprint density at radius 3 is 2.68 bits per heavy atom. The lowest BCUT2D eigenvalue weighted by Crippen LogP contribution is -2.29. The molecule has 1 aromatic heterocycles. The Bertz CT molecular complexity index is 620. The van der Waals surface area contributed by atoms with Crippen LogP contribution in [0.5, 0.6) is 0 Å². The quantitative estimate of drug-likeness (QED) is 0.888. The van der Waals surface area contributed by atoms with Gasteiger partial charge in [0, 0.05) is 19.3 Å². The first-order chi connectivity index (χ1) is 10.5. The van der Waals surface area contributed by atoms with Crippen LogP contribution in [0.15, 0.2) is 36.5 Å². The molecule has 5 nitrogen and oxygen atoms in total. The SMILES string of the molecule is Cc1c(C(=O)N(C)CCC(C)O)cnn1Cc1ccccc1. The molecule has 22 heavy (non-hydrogen) atoms. The Kier molecular flexibility index (Phi) is 5.33. The van der Waals surface area contributed by atoms with Crippen LogP contribution in [-0.4, -0.2) is 45.4 Å². The van der Waals surface area contributed by atoms with E-state index in [0.717, 1.165) is 11.3 Å². The normalized spacial score (nSPS) is 12.2. The van der Waals surface area contributed by atoms with Gasteiger partial charge in [-0.2, -0.15) is 5.10 Å². The molecule has 118 valence electrons. The summed E-state index contributed by atoms with van der Waals surface area (Å²) in [6.45, 7) is 4.81. The average molecular weight is 301 g/mol. The second kappa shape index (κ2) is 7.22. The summed E-state index contributed by atoms with van der Waals surface area (Å²) in [7, 11) is 1.75. The Morgan fingerprint density at radius 1 is 1.36 bits per heavy atom. The van der Waals surface area contributed by atoms with E-state index in [1.54, 1.807) is 25.1 Å². The summed E-state index contributed by atoms with van der Waals surface area (Å²) in [6, 6.07) is 10.0. The van der Waals surface area contributed by atoms with Gasteiger partial charge in [-0.1, -0.05) is 30.3 Å². The van der Waals surface area contributed by atoms with E-state index in [2.05, 4.69) is 5.10 Å². The monoisotopic (exact) mass is 301 g/mol. The van der Waals surface area contributed by atoms with Crippen molar-refractivity contribution < 1.29 is 9.90 Å². The molecule has 0 saturated heterocycles. The van der Waals surface area contributed by atoms with Gasteiger partial charge in [0.05, 0.1) is 24.4 Å². The first-order valence-electron chi connectivity index (χ1n) is 7.49. The summed E-state index contributed by atoms with van der Waals surface area (Å²) in [5.74, 6) is -0.0579. The summed E-state index contributed by atoms with van der Waals surface area (Å²) in [5, 5.41) is 13.7. The molecular weight excluding hydrogens is 278 g/mol. The fourth-order valence-electron chi connectivity index (χ4n) is 2.26. The third-order valence-electron chi connectivity index (χ3n) is 3.74. The zero-order valence-electron chi connectivity index (χ0n) is 13.4. The number of carbonyl (C=O) groups excluding carboxylic acids is 1. The highest BCUT2D eigenvalue weighted by molar-refractivity contribution is 5.94. The van der Waals surface area contributed by atoms with Crippen LogP contribution in [0, 0.1) is 6.92 Å². The van der Waals surface area contributed by atoms with Crippen molar-refractivity contribution in [2.45, 2.75) is 32.9 Å². The van der Waals surface area contributed by atoms with E-state index in [1.807, 2.05) is 41.9 Å². The molecule has 1 atom stereocenters. The van der Waals surface area contributed by atoms with Gasteiger partial charge in [-0.05, 0) is 25.8 Å². The largest absolute Gasteiger partial charge is 0.393 e. The van der Waals surface area contributed by atoms with E-state index >= 15 is 0 Å². The molecule has 0 saturated carbocycles. The number of amides is 1. The van der Waals surface area contributed by atoms with Gasteiger partial charge in [-0.25, -0.2) is 0 Å². The predicted octanol–water partition coefficient (Wildman–Crippen LogP) is 2.08. The lowest BCUT2D eigenvalue weighted by Gasteiger charge is -2.17. The highest BCUT2D eigenvalue weighted by atomic mass is 16.3. The van der Waals surface area contributed by atoms with Crippen LogP contribution in [0.1, 0.15) is 35.0 Å². The van der Waals surface area contributed by atoms with E-state index in [0.29, 0.717) is 25.1 Å². The third kappa shape index (κ3) is 3.95.